The molecule has 180 valence electrons. The van der Waals surface area contributed by atoms with Crippen molar-refractivity contribution in [2.45, 2.75) is 27.2 Å². The number of hydrogen-bond donors (Lipinski definition) is 2. The highest BCUT2D eigenvalue weighted by Crippen LogP contribution is 2.26. The fraction of sp³-hybridized carbons (Fsp3) is 0.222. The van der Waals surface area contributed by atoms with Crippen molar-refractivity contribution in [3.8, 4) is 11.4 Å². The summed E-state index contributed by atoms with van der Waals surface area (Å²) in [5.41, 5.74) is 5.36. The quantitative estimate of drug-likeness (QED) is 0.398. The summed E-state index contributed by atoms with van der Waals surface area (Å²) in [7, 11) is 1.62. The van der Waals surface area contributed by atoms with E-state index in [-0.39, 0.29) is 12.2 Å². The van der Waals surface area contributed by atoms with E-state index in [0.717, 1.165) is 45.3 Å². The Morgan fingerprint density at radius 1 is 1.09 bits per heavy atom. The van der Waals surface area contributed by atoms with E-state index >= 15 is 0 Å². The number of carbonyl (C=O) groups excluding carboxylic acids is 3. The smallest absolute Gasteiger partial charge is 0.329 e. The molecule has 0 bridgehead atoms. The minimum absolute atomic E-state index is 0.127. The number of anilines is 1. The van der Waals surface area contributed by atoms with Crippen LogP contribution in [0.2, 0.25) is 0 Å². The van der Waals surface area contributed by atoms with Crippen molar-refractivity contribution in [1.82, 2.24) is 14.8 Å². The van der Waals surface area contributed by atoms with Crippen LogP contribution in [0, 0.1) is 13.8 Å². The van der Waals surface area contributed by atoms with Crippen LogP contribution in [0.4, 0.5) is 10.5 Å². The highest BCUT2D eigenvalue weighted by molar-refractivity contribution is 6.16. The Balaban J connectivity index is 1.53. The van der Waals surface area contributed by atoms with Crippen molar-refractivity contribution in [1.29, 1.82) is 0 Å². The minimum Gasteiger partial charge on any atom is -0.497 e. The van der Waals surface area contributed by atoms with E-state index in [2.05, 4.69) is 10.6 Å². The van der Waals surface area contributed by atoms with Crippen LogP contribution < -0.4 is 15.4 Å². The van der Waals surface area contributed by atoms with Gasteiger partial charge in [0.25, 0.3) is 5.91 Å². The predicted molar refractivity (Wildman–Crippen MR) is 134 cm³/mol. The molecule has 2 heterocycles. The van der Waals surface area contributed by atoms with Crippen LogP contribution in [0.15, 0.2) is 60.3 Å². The molecular formula is C27H28N4O4. The number of para-hydroxylation sites is 1. The van der Waals surface area contributed by atoms with E-state index in [9.17, 15) is 14.4 Å². The molecule has 0 unspecified atom stereocenters. The van der Waals surface area contributed by atoms with Crippen LogP contribution >= 0.6 is 0 Å². The zero-order valence-corrected chi connectivity index (χ0v) is 20.2. The van der Waals surface area contributed by atoms with Gasteiger partial charge in [-0.3, -0.25) is 9.59 Å². The molecule has 0 atom stereocenters. The van der Waals surface area contributed by atoms with Crippen molar-refractivity contribution in [3.05, 3.63) is 82.8 Å². The van der Waals surface area contributed by atoms with Crippen LogP contribution in [0.3, 0.4) is 0 Å². The van der Waals surface area contributed by atoms with Gasteiger partial charge < -0.3 is 19.9 Å². The molecule has 0 saturated carbocycles. The van der Waals surface area contributed by atoms with Crippen LogP contribution in [0.25, 0.3) is 11.8 Å². The normalized spacial score (nSPS) is 14.4. The number of methoxy groups -OCH3 is 1. The number of aromatic nitrogens is 1. The molecule has 8 nitrogen and oxygen atoms in total. The number of nitrogens with one attached hydrogen (secondary N) is 2. The number of hydrogen-bond acceptors (Lipinski definition) is 4. The average Bonchev–Trinajstić information content (AvgIpc) is 3.28. The highest BCUT2D eigenvalue weighted by Gasteiger charge is 2.35. The standard InChI is InChI=1S/C27H28N4O4/c1-5-19-9-6-7-12-23(19)28-25(32)16-30-26(33)24(29-27(30)34)14-20-13-17(2)31(18(20)3)21-10-8-11-22(15-21)35-4/h6-15H,5,16H2,1-4H3,(H,28,32)(H,29,34)/b24-14-. The molecule has 2 N–H and O–H groups in total. The summed E-state index contributed by atoms with van der Waals surface area (Å²) in [6.45, 7) is 5.53. The largest absolute Gasteiger partial charge is 0.497 e. The Hall–Kier alpha value is -4.33. The fourth-order valence-corrected chi connectivity index (χ4v) is 4.24. The van der Waals surface area contributed by atoms with Gasteiger partial charge in [0.2, 0.25) is 5.91 Å². The Labute approximate surface area is 204 Å². The van der Waals surface area contributed by atoms with Crippen molar-refractivity contribution in [2.24, 2.45) is 0 Å². The van der Waals surface area contributed by atoms with Crippen molar-refractivity contribution < 1.29 is 19.1 Å². The first-order valence-electron chi connectivity index (χ1n) is 11.4. The number of amides is 4. The molecule has 1 aromatic heterocycles. The first kappa shape index (κ1) is 23.8. The molecule has 1 aliphatic heterocycles. The van der Waals surface area contributed by atoms with Crippen LogP contribution in [-0.4, -0.2) is 41.0 Å². The number of ether oxygens (including phenoxy) is 1. The van der Waals surface area contributed by atoms with Gasteiger partial charge in [0.1, 0.15) is 18.0 Å². The average molecular weight is 473 g/mol. The van der Waals surface area contributed by atoms with E-state index in [0.29, 0.717) is 5.69 Å². The zero-order chi connectivity index (χ0) is 25.1. The van der Waals surface area contributed by atoms with Crippen molar-refractivity contribution >= 4 is 29.6 Å². The predicted octanol–water partition coefficient (Wildman–Crippen LogP) is 4.20. The van der Waals surface area contributed by atoms with Gasteiger partial charge in [0.15, 0.2) is 0 Å². The van der Waals surface area contributed by atoms with Gasteiger partial charge in [-0.25, -0.2) is 9.69 Å². The Morgan fingerprint density at radius 2 is 1.86 bits per heavy atom. The Morgan fingerprint density at radius 3 is 2.60 bits per heavy atom. The third kappa shape index (κ3) is 4.82. The third-order valence-corrected chi connectivity index (χ3v) is 6.02. The summed E-state index contributed by atoms with van der Waals surface area (Å²) in [6.07, 6.45) is 2.39. The van der Waals surface area contributed by atoms with E-state index in [4.69, 9.17) is 4.74 Å². The number of nitrogens with zero attached hydrogens (tertiary/aromatic N) is 2. The van der Waals surface area contributed by atoms with E-state index in [1.165, 1.54) is 0 Å². The maximum absolute atomic E-state index is 13.0. The molecule has 1 saturated heterocycles. The molecule has 4 rings (SSSR count). The second kappa shape index (κ2) is 9.89. The lowest BCUT2D eigenvalue weighted by molar-refractivity contribution is -0.127. The minimum atomic E-state index is -0.623. The molecule has 1 aliphatic rings. The molecule has 0 radical (unpaired) electrons. The topological polar surface area (TPSA) is 92.7 Å². The Kier molecular flexibility index (Phi) is 6.73. The van der Waals surface area contributed by atoms with Crippen LogP contribution in [-0.2, 0) is 16.0 Å². The first-order valence-corrected chi connectivity index (χ1v) is 11.4. The van der Waals surface area contributed by atoms with Gasteiger partial charge in [0, 0.05) is 28.8 Å². The first-order chi connectivity index (χ1) is 16.8. The number of imide groups is 1. The molecule has 8 heteroatoms. The summed E-state index contributed by atoms with van der Waals surface area (Å²) in [4.78, 5) is 39.0. The van der Waals surface area contributed by atoms with Crippen LogP contribution in [0.1, 0.15) is 29.4 Å². The lowest BCUT2D eigenvalue weighted by Gasteiger charge is -2.13. The number of urea groups is 1. The molecule has 35 heavy (non-hydrogen) atoms. The maximum Gasteiger partial charge on any atom is 0.329 e. The number of aryl methyl sites for hydroxylation is 2. The molecular weight excluding hydrogens is 444 g/mol. The molecule has 0 spiro atoms. The maximum atomic E-state index is 13.0. The van der Waals surface area contributed by atoms with Gasteiger partial charge in [0.05, 0.1) is 7.11 Å². The molecule has 1 fully saturated rings. The number of benzene rings is 2. The lowest BCUT2D eigenvalue weighted by atomic mass is 10.1. The van der Waals surface area contributed by atoms with Crippen molar-refractivity contribution in [2.75, 3.05) is 19.0 Å². The molecule has 2 aromatic carbocycles. The monoisotopic (exact) mass is 472 g/mol. The molecule has 4 amide bonds. The van der Waals surface area contributed by atoms with Crippen LogP contribution in [0.5, 0.6) is 5.75 Å². The van der Waals surface area contributed by atoms with Gasteiger partial charge >= 0.3 is 6.03 Å². The summed E-state index contributed by atoms with van der Waals surface area (Å²) in [5.74, 6) is -0.240. The molecule has 3 aromatic rings. The second-order valence-electron chi connectivity index (χ2n) is 8.30. The second-order valence-corrected chi connectivity index (χ2v) is 8.30. The number of rotatable bonds is 7. The van der Waals surface area contributed by atoms with Gasteiger partial charge in [-0.2, -0.15) is 0 Å². The Bertz CT molecular complexity index is 1340. The summed E-state index contributed by atoms with van der Waals surface area (Å²) in [5, 5.41) is 5.39. The summed E-state index contributed by atoms with van der Waals surface area (Å²) < 4.78 is 7.38. The third-order valence-electron chi connectivity index (χ3n) is 6.02. The SMILES string of the molecule is CCc1ccccc1NC(=O)CN1C(=O)N/C(=C\c2cc(C)n(-c3cccc(OC)c3)c2C)C1=O. The van der Waals surface area contributed by atoms with E-state index in [1.807, 2.05) is 73.9 Å². The van der Waals surface area contributed by atoms with Crippen molar-refractivity contribution in [3.63, 3.8) is 0 Å². The van der Waals surface area contributed by atoms with E-state index < -0.39 is 17.8 Å². The summed E-state index contributed by atoms with van der Waals surface area (Å²) in [6, 6.07) is 16.4. The van der Waals surface area contributed by atoms with Gasteiger partial charge in [-0.1, -0.05) is 31.2 Å². The molecule has 0 aliphatic carbocycles. The fourth-order valence-electron chi connectivity index (χ4n) is 4.24. The van der Waals surface area contributed by atoms with Gasteiger partial charge in [-0.15, -0.1) is 0 Å². The van der Waals surface area contributed by atoms with Gasteiger partial charge in [-0.05, 0) is 61.7 Å². The highest BCUT2D eigenvalue weighted by atomic mass is 16.5. The summed E-state index contributed by atoms with van der Waals surface area (Å²) >= 11 is 0. The zero-order valence-electron chi connectivity index (χ0n) is 20.2. The number of carbonyl (C=O) groups is 3. The lowest BCUT2D eigenvalue weighted by Crippen LogP contribution is -2.38. The van der Waals surface area contributed by atoms with E-state index in [1.54, 1.807) is 19.3 Å².